The van der Waals surface area contributed by atoms with Crippen molar-refractivity contribution in [3.63, 3.8) is 0 Å². The summed E-state index contributed by atoms with van der Waals surface area (Å²) in [7, 11) is 3.13. The van der Waals surface area contributed by atoms with E-state index in [2.05, 4.69) is 0 Å². The Labute approximate surface area is 157 Å². The number of rotatable bonds is 4. The number of hydrogen-bond donors (Lipinski definition) is 0. The summed E-state index contributed by atoms with van der Waals surface area (Å²) in [4.78, 5) is 40.6. The van der Waals surface area contributed by atoms with E-state index in [9.17, 15) is 14.4 Å². The Morgan fingerprint density at radius 1 is 1.00 bits per heavy atom. The predicted octanol–water partition coefficient (Wildman–Crippen LogP) is 0.120. The second-order valence-corrected chi connectivity index (χ2v) is 6.61. The molecule has 0 atom stereocenters. The first-order chi connectivity index (χ1) is 12.9. The van der Waals surface area contributed by atoms with Crippen LogP contribution in [0.4, 0.5) is 5.69 Å². The number of aromatic nitrogens is 2. The van der Waals surface area contributed by atoms with Crippen molar-refractivity contribution in [2.75, 3.05) is 37.7 Å². The Hall–Kier alpha value is -3.03. The molecule has 0 aliphatic carbocycles. The fourth-order valence-electron chi connectivity index (χ4n) is 3.22. The second-order valence-electron chi connectivity index (χ2n) is 6.61. The van der Waals surface area contributed by atoms with Crippen LogP contribution in [0.5, 0.6) is 5.75 Å². The lowest BCUT2D eigenvalue weighted by Crippen LogP contribution is -2.52. The molecule has 144 valence electrons. The lowest BCUT2D eigenvalue weighted by Gasteiger charge is -2.36. The van der Waals surface area contributed by atoms with Gasteiger partial charge in [-0.05, 0) is 19.1 Å². The van der Waals surface area contributed by atoms with Crippen LogP contribution in [0, 0.1) is 6.92 Å². The van der Waals surface area contributed by atoms with Gasteiger partial charge in [0.1, 0.15) is 11.4 Å². The maximum absolute atomic E-state index is 12.5. The van der Waals surface area contributed by atoms with Crippen LogP contribution < -0.4 is 20.9 Å². The molecule has 1 aromatic carbocycles. The molecule has 2 aromatic rings. The number of carbonyl (C=O) groups excluding carboxylic acids is 1. The van der Waals surface area contributed by atoms with Gasteiger partial charge in [-0.2, -0.15) is 0 Å². The molecule has 1 amide bonds. The highest BCUT2D eigenvalue weighted by Gasteiger charge is 2.25. The van der Waals surface area contributed by atoms with Crippen LogP contribution in [0.1, 0.15) is 5.69 Å². The first kappa shape index (κ1) is 18.8. The van der Waals surface area contributed by atoms with Gasteiger partial charge in [0.25, 0.3) is 11.5 Å². The number of carbonyl (C=O) groups is 1. The maximum Gasteiger partial charge on any atom is 0.330 e. The van der Waals surface area contributed by atoms with Crippen LogP contribution in [0.15, 0.2) is 39.9 Å². The van der Waals surface area contributed by atoms with Crippen LogP contribution >= 0.6 is 0 Å². The molecule has 1 saturated heterocycles. The molecule has 1 aromatic heterocycles. The van der Waals surface area contributed by atoms with Gasteiger partial charge >= 0.3 is 5.69 Å². The van der Waals surface area contributed by atoms with Gasteiger partial charge in [0.05, 0.1) is 0 Å². The molecule has 2 heterocycles. The number of amides is 1. The summed E-state index contributed by atoms with van der Waals surface area (Å²) < 4.78 is 8.11. The van der Waals surface area contributed by atoms with Gasteiger partial charge in [-0.25, -0.2) is 4.79 Å². The fraction of sp³-hybridized carbons (Fsp3) is 0.421. The number of anilines is 1. The van der Waals surface area contributed by atoms with E-state index in [4.69, 9.17) is 4.74 Å². The summed E-state index contributed by atoms with van der Waals surface area (Å²) in [5, 5.41) is 0. The Kier molecular flexibility index (Phi) is 5.34. The van der Waals surface area contributed by atoms with Gasteiger partial charge < -0.3 is 14.5 Å². The summed E-state index contributed by atoms with van der Waals surface area (Å²) in [6.45, 7) is 3.83. The minimum Gasteiger partial charge on any atom is -0.484 e. The number of benzene rings is 1. The van der Waals surface area contributed by atoms with Crippen LogP contribution in [0.2, 0.25) is 0 Å². The molecule has 1 fully saturated rings. The maximum atomic E-state index is 12.5. The van der Waals surface area contributed by atoms with E-state index in [1.165, 1.54) is 11.6 Å². The second kappa shape index (κ2) is 7.69. The zero-order chi connectivity index (χ0) is 19.6. The van der Waals surface area contributed by atoms with E-state index >= 15 is 0 Å². The summed E-state index contributed by atoms with van der Waals surface area (Å²) in [5.41, 5.74) is 0.512. The molecule has 27 heavy (non-hydrogen) atoms. The number of piperazine rings is 1. The zero-order valence-corrected chi connectivity index (χ0v) is 15.8. The van der Waals surface area contributed by atoms with Crippen LogP contribution in [0.3, 0.4) is 0 Å². The van der Waals surface area contributed by atoms with Crippen molar-refractivity contribution >= 4 is 11.6 Å². The first-order valence-electron chi connectivity index (χ1n) is 8.87. The van der Waals surface area contributed by atoms with E-state index in [0.717, 1.165) is 4.57 Å². The van der Waals surface area contributed by atoms with Crippen molar-refractivity contribution in [3.05, 3.63) is 56.9 Å². The van der Waals surface area contributed by atoms with Crippen molar-refractivity contribution < 1.29 is 9.53 Å². The molecular formula is C19H24N4O4. The minimum atomic E-state index is -0.340. The Bertz CT molecular complexity index is 941. The van der Waals surface area contributed by atoms with Crippen molar-refractivity contribution in [2.24, 2.45) is 14.1 Å². The molecule has 1 aliphatic heterocycles. The molecule has 0 bridgehead atoms. The van der Waals surface area contributed by atoms with Gasteiger partial charge in [0.15, 0.2) is 6.61 Å². The largest absolute Gasteiger partial charge is 0.484 e. The van der Waals surface area contributed by atoms with Crippen molar-refractivity contribution in [1.82, 2.24) is 14.0 Å². The number of hydrogen-bond acceptors (Lipinski definition) is 5. The normalized spacial score (nSPS) is 14.3. The lowest BCUT2D eigenvalue weighted by molar-refractivity contribution is -0.133. The van der Waals surface area contributed by atoms with Crippen molar-refractivity contribution in [1.29, 1.82) is 0 Å². The van der Waals surface area contributed by atoms with E-state index < -0.39 is 0 Å². The third-order valence-corrected chi connectivity index (χ3v) is 4.98. The van der Waals surface area contributed by atoms with Gasteiger partial charge in [-0.15, -0.1) is 0 Å². The van der Waals surface area contributed by atoms with Gasteiger partial charge in [-0.3, -0.25) is 18.7 Å². The van der Waals surface area contributed by atoms with Gasteiger partial charge in [0.2, 0.25) is 0 Å². The first-order valence-corrected chi connectivity index (χ1v) is 8.87. The fourth-order valence-corrected chi connectivity index (χ4v) is 3.22. The van der Waals surface area contributed by atoms with E-state index in [1.807, 2.05) is 35.2 Å². The molecule has 1 aliphatic rings. The molecule has 0 saturated carbocycles. The standard InChI is InChI=1S/C19H24N4O4/c1-14-17(18(25)21(3)19(26)20(14)2)23-11-9-22(10-12-23)16(24)13-27-15-7-5-4-6-8-15/h4-8H,9-13H2,1-3H3. The number of para-hydroxylation sites is 1. The predicted molar refractivity (Wildman–Crippen MR) is 102 cm³/mol. The highest BCUT2D eigenvalue weighted by molar-refractivity contribution is 5.78. The lowest BCUT2D eigenvalue weighted by atomic mass is 10.2. The highest BCUT2D eigenvalue weighted by atomic mass is 16.5. The molecule has 0 N–H and O–H groups in total. The highest BCUT2D eigenvalue weighted by Crippen LogP contribution is 2.16. The van der Waals surface area contributed by atoms with Crippen molar-refractivity contribution in [2.45, 2.75) is 6.92 Å². The van der Waals surface area contributed by atoms with E-state index in [-0.39, 0.29) is 23.8 Å². The van der Waals surface area contributed by atoms with Gasteiger partial charge in [0, 0.05) is 46.0 Å². The Morgan fingerprint density at radius 2 is 1.63 bits per heavy atom. The molecular weight excluding hydrogens is 348 g/mol. The average Bonchev–Trinajstić information content (AvgIpc) is 2.70. The summed E-state index contributed by atoms with van der Waals surface area (Å²) in [6.07, 6.45) is 0. The smallest absolute Gasteiger partial charge is 0.330 e. The van der Waals surface area contributed by atoms with Crippen molar-refractivity contribution in [3.8, 4) is 5.75 Å². The molecule has 8 nitrogen and oxygen atoms in total. The van der Waals surface area contributed by atoms with E-state index in [0.29, 0.717) is 43.3 Å². The summed E-state index contributed by atoms with van der Waals surface area (Å²) >= 11 is 0. The number of ether oxygens (including phenoxy) is 1. The van der Waals surface area contributed by atoms with Gasteiger partial charge in [-0.1, -0.05) is 18.2 Å². The van der Waals surface area contributed by atoms with Crippen LogP contribution in [0.25, 0.3) is 0 Å². The van der Waals surface area contributed by atoms with Crippen LogP contribution in [-0.2, 0) is 18.9 Å². The third-order valence-electron chi connectivity index (χ3n) is 4.98. The Morgan fingerprint density at radius 3 is 2.26 bits per heavy atom. The monoisotopic (exact) mass is 372 g/mol. The SMILES string of the molecule is Cc1c(N2CCN(C(=O)COc3ccccc3)CC2)c(=O)n(C)c(=O)n1C. The molecule has 0 unspecified atom stereocenters. The third kappa shape index (κ3) is 3.74. The summed E-state index contributed by atoms with van der Waals surface area (Å²) in [5.74, 6) is 0.581. The molecule has 8 heteroatoms. The Balaban J connectivity index is 1.65. The molecule has 0 radical (unpaired) electrons. The number of nitrogens with zero attached hydrogens (tertiary/aromatic N) is 4. The van der Waals surface area contributed by atoms with Crippen LogP contribution in [-0.4, -0.2) is 52.7 Å². The minimum absolute atomic E-state index is 0.00928. The molecule has 0 spiro atoms. The quantitative estimate of drug-likeness (QED) is 0.762. The topological polar surface area (TPSA) is 76.8 Å². The van der Waals surface area contributed by atoms with E-state index in [1.54, 1.807) is 18.9 Å². The zero-order valence-electron chi connectivity index (χ0n) is 15.8. The average molecular weight is 372 g/mol. The molecule has 3 rings (SSSR count). The summed E-state index contributed by atoms with van der Waals surface area (Å²) in [6, 6.07) is 9.22.